The minimum absolute atomic E-state index is 0.0988. The van der Waals surface area contributed by atoms with Crippen molar-refractivity contribution >= 4 is 34.9 Å². The molecule has 0 fully saturated rings. The maximum absolute atomic E-state index is 11.5. The summed E-state index contributed by atoms with van der Waals surface area (Å²) >= 11 is 11.1. The monoisotopic (exact) mass is 257 g/mol. The first-order valence-corrected chi connectivity index (χ1v) is 4.96. The minimum atomic E-state index is -0.455. The standard InChI is InChI=1S/C9H5Cl2N3O2/c10-6-2-4-8(14-13-6)12-9(15)5-1-3-7(11)16-5/h1-4H,(H,12,14,15). The Labute approximate surface area is 100 Å². The molecule has 0 saturated heterocycles. The van der Waals surface area contributed by atoms with E-state index < -0.39 is 5.91 Å². The maximum atomic E-state index is 11.5. The molecule has 0 atom stereocenters. The van der Waals surface area contributed by atoms with E-state index in [2.05, 4.69) is 15.5 Å². The van der Waals surface area contributed by atoms with Crippen LogP contribution in [0.1, 0.15) is 10.6 Å². The normalized spacial score (nSPS) is 10.1. The van der Waals surface area contributed by atoms with Gasteiger partial charge >= 0.3 is 0 Å². The zero-order valence-electron chi connectivity index (χ0n) is 7.78. The Hall–Kier alpha value is -1.59. The number of aromatic nitrogens is 2. The van der Waals surface area contributed by atoms with Gasteiger partial charge in [0.15, 0.2) is 22.0 Å². The summed E-state index contributed by atoms with van der Waals surface area (Å²) in [5.41, 5.74) is 0. The lowest BCUT2D eigenvalue weighted by atomic mass is 10.4. The van der Waals surface area contributed by atoms with Crippen LogP contribution in [0.2, 0.25) is 10.4 Å². The molecule has 1 N–H and O–H groups in total. The molecule has 2 aromatic rings. The number of hydrogen-bond donors (Lipinski definition) is 1. The summed E-state index contributed by atoms with van der Waals surface area (Å²) in [4.78, 5) is 11.5. The Morgan fingerprint density at radius 3 is 2.56 bits per heavy atom. The average Bonchev–Trinajstić information content (AvgIpc) is 2.68. The van der Waals surface area contributed by atoms with Crippen LogP contribution in [0.25, 0.3) is 0 Å². The zero-order valence-corrected chi connectivity index (χ0v) is 9.29. The summed E-state index contributed by atoms with van der Waals surface area (Å²) in [5, 5.41) is 10.1. The molecule has 0 aliphatic heterocycles. The molecule has 2 heterocycles. The van der Waals surface area contributed by atoms with Crippen molar-refractivity contribution in [1.29, 1.82) is 0 Å². The highest BCUT2D eigenvalue weighted by Gasteiger charge is 2.11. The number of nitrogens with one attached hydrogen (secondary N) is 1. The summed E-state index contributed by atoms with van der Waals surface area (Å²) in [6.45, 7) is 0. The lowest BCUT2D eigenvalue weighted by Gasteiger charge is -2.00. The third-order valence-electron chi connectivity index (χ3n) is 1.67. The van der Waals surface area contributed by atoms with Gasteiger partial charge in [-0.3, -0.25) is 4.79 Å². The molecule has 0 unspecified atom stereocenters. The van der Waals surface area contributed by atoms with Crippen LogP contribution >= 0.6 is 23.2 Å². The molecule has 0 aliphatic rings. The minimum Gasteiger partial charge on any atom is -0.440 e. The third kappa shape index (κ3) is 2.50. The van der Waals surface area contributed by atoms with Crippen LogP contribution in [0.15, 0.2) is 28.7 Å². The van der Waals surface area contributed by atoms with E-state index in [1.807, 2.05) is 0 Å². The Kier molecular flexibility index (Phi) is 3.07. The first-order valence-electron chi connectivity index (χ1n) is 4.21. The number of carbonyl (C=O) groups is 1. The first kappa shape index (κ1) is 10.9. The Morgan fingerprint density at radius 2 is 2.00 bits per heavy atom. The molecule has 16 heavy (non-hydrogen) atoms. The van der Waals surface area contributed by atoms with Crippen molar-refractivity contribution in [3.63, 3.8) is 0 Å². The fourth-order valence-corrected chi connectivity index (χ4v) is 1.24. The van der Waals surface area contributed by atoms with E-state index >= 15 is 0 Å². The van der Waals surface area contributed by atoms with Crippen LogP contribution in [0.3, 0.4) is 0 Å². The zero-order chi connectivity index (χ0) is 11.5. The fraction of sp³-hybridized carbons (Fsp3) is 0. The van der Waals surface area contributed by atoms with Gasteiger partial charge in [0.1, 0.15) is 0 Å². The second-order valence-corrected chi connectivity index (χ2v) is 3.56. The van der Waals surface area contributed by atoms with Gasteiger partial charge in [-0.05, 0) is 35.9 Å². The first-order chi connectivity index (χ1) is 7.65. The van der Waals surface area contributed by atoms with Crippen molar-refractivity contribution in [3.05, 3.63) is 40.4 Å². The fourth-order valence-electron chi connectivity index (χ4n) is 0.997. The van der Waals surface area contributed by atoms with Crippen molar-refractivity contribution in [2.45, 2.75) is 0 Å². The molecule has 82 valence electrons. The Morgan fingerprint density at radius 1 is 1.19 bits per heavy atom. The predicted molar refractivity (Wildman–Crippen MR) is 58.7 cm³/mol. The summed E-state index contributed by atoms with van der Waals surface area (Å²) in [7, 11) is 0. The molecule has 2 aromatic heterocycles. The Bertz CT molecular complexity index is 510. The van der Waals surface area contributed by atoms with E-state index in [0.717, 1.165) is 0 Å². The van der Waals surface area contributed by atoms with E-state index in [1.54, 1.807) is 0 Å². The van der Waals surface area contributed by atoms with Gasteiger partial charge in [-0.15, -0.1) is 10.2 Å². The summed E-state index contributed by atoms with van der Waals surface area (Å²) in [6, 6.07) is 5.97. The van der Waals surface area contributed by atoms with E-state index in [0.29, 0.717) is 0 Å². The van der Waals surface area contributed by atoms with Crippen LogP contribution in [-0.2, 0) is 0 Å². The van der Waals surface area contributed by atoms with E-state index in [4.69, 9.17) is 27.6 Å². The number of amides is 1. The predicted octanol–water partition coefficient (Wildman–Crippen LogP) is 2.63. The van der Waals surface area contributed by atoms with Crippen LogP contribution < -0.4 is 5.32 Å². The molecular weight excluding hydrogens is 253 g/mol. The van der Waals surface area contributed by atoms with Gasteiger partial charge in [0.2, 0.25) is 0 Å². The van der Waals surface area contributed by atoms with Gasteiger partial charge in [-0.25, -0.2) is 0 Å². The largest absolute Gasteiger partial charge is 0.440 e. The molecule has 7 heteroatoms. The van der Waals surface area contributed by atoms with Gasteiger partial charge in [0, 0.05) is 0 Å². The second-order valence-electron chi connectivity index (χ2n) is 2.80. The van der Waals surface area contributed by atoms with Gasteiger partial charge < -0.3 is 9.73 Å². The molecule has 0 aromatic carbocycles. The SMILES string of the molecule is O=C(Nc1ccc(Cl)nn1)c1ccc(Cl)o1. The smallest absolute Gasteiger partial charge is 0.292 e. The molecule has 2 rings (SSSR count). The molecule has 0 spiro atoms. The highest BCUT2D eigenvalue weighted by molar-refractivity contribution is 6.29. The number of hydrogen-bond acceptors (Lipinski definition) is 4. The summed E-state index contributed by atoms with van der Waals surface area (Å²) in [5.74, 6) is -0.0767. The number of carbonyl (C=O) groups excluding carboxylic acids is 1. The Balaban J connectivity index is 2.10. The second kappa shape index (κ2) is 4.51. The molecule has 0 radical (unpaired) electrons. The van der Waals surface area contributed by atoms with Gasteiger partial charge in [-0.2, -0.15) is 0 Å². The number of nitrogens with zero attached hydrogens (tertiary/aromatic N) is 2. The van der Waals surface area contributed by atoms with Gasteiger partial charge in [-0.1, -0.05) is 11.6 Å². The van der Waals surface area contributed by atoms with Crippen molar-refractivity contribution < 1.29 is 9.21 Å². The number of halogens is 2. The van der Waals surface area contributed by atoms with Crippen molar-refractivity contribution in [1.82, 2.24) is 10.2 Å². The van der Waals surface area contributed by atoms with E-state index in [9.17, 15) is 4.79 Å². The number of anilines is 1. The number of furan rings is 1. The highest BCUT2D eigenvalue weighted by Crippen LogP contribution is 2.14. The van der Waals surface area contributed by atoms with Crippen LogP contribution in [0, 0.1) is 0 Å². The van der Waals surface area contributed by atoms with Crippen molar-refractivity contribution in [2.24, 2.45) is 0 Å². The van der Waals surface area contributed by atoms with Crippen LogP contribution in [0.4, 0.5) is 5.82 Å². The topological polar surface area (TPSA) is 68.0 Å². The van der Waals surface area contributed by atoms with Crippen LogP contribution in [0.5, 0.6) is 0 Å². The van der Waals surface area contributed by atoms with Crippen LogP contribution in [-0.4, -0.2) is 16.1 Å². The van der Waals surface area contributed by atoms with Gasteiger partial charge in [0.25, 0.3) is 5.91 Å². The van der Waals surface area contributed by atoms with Crippen molar-refractivity contribution in [3.8, 4) is 0 Å². The third-order valence-corrected chi connectivity index (χ3v) is 2.08. The molecule has 0 saturated carbocycles. The molecule has 0 aliphatic carbocycles. The maximum Gasteiger partial charge on any atom is 0.292 e. The summed E-state index contributed by atoms with van der Waals surface area (Å²) in [6.07, 6.45) is 0. The lowest BCUT2D eigenvalue weighted by Crippen LogP contribution is -2.12. The summed E-state index contributed by atoms with van der Waals surface area (Å²) < 4.78 is 4.92. The average molecular weight is 258 g/mol. The molecule has 5 nitrogen and oxygen atoms in total. The molecular formula is C9H5Cl2N3O2. The number of rotatable bonds is 2. The lowest BCUT2D eigenvalue weighted by molar-refractivity contribution is 0.0996. The van der Waals surface area contributed by atoms with Gasteiger partial charge in [0.05, 0.1) is 0 Å². The van der Waals surface area contributed by atoms with E-state index in [1.165, 1.54) is 24.3 Å². The molecule has 0 bridgehead atoms. The quantitative estimate of drug-likeness (QED) is 0.898. The van der Waals surface area contributed by atoms with Crippen molar-refractivity contribution in [2.75, 3.05) is 5.32 Å². The van der Waals surface area contributed by atoms with E-state index in [-0.39, 0.29) is 22.0 Å². The highest BCUT2D eigenvalue weighted by atomic mass is 35.5. The molecule has 1 amide bonds.